The molecule has 2 aromatic rings. The number of thioether (sulfide) groups is 1. The van der Waals surface area contributed by atoms with Crippen LogP contribution in [0, 0.1) is 0 Å². The summed E-state index contributed by atoms with van der Waals surface area (Å²) in [5, 5.41) is 5.97. The average molecular weight is 305 g/mol. The molecule has 102 valence electrons. The van der Waals surface area contributed by atoms with Gasteiger partial charge in [-0.2, -0.15) is 0 Å². The summed E-state index contributed by atoms with van der Waals surface area (Å²) < 4.78 is 5.58. The van der Waals surface area contributed by atoms with Crippen LogP contribution < -0.4 is 10.1 Å². The highest BCUT2D eigenvalue weighted by atomic mass is 32.2. The minimum Gasteiger partial charge on any atom is -0.484 e. The first kappa shape index (κ1) is 13.1. The molecular formula is C13H11N3O2S2. The molecule has 1 aliphatic heterocycles. The second kappa shape index (κ2) is 6.06. The first-order valence-electron chi connectivity index (χ1n) is 5.93. The topological polar surface area (TPSA) is 63.6 Å². The van der Waals surface area contributed by atoms with Gasteiger partial charge in [0.25, 0.3) is 0 Å². The Labute approximate surface area is 124 Å². The quantitative estimate of drug-likeness (QED) is 0.947. The fourth-order valence-electron chi connectivity index (χ4n) is 1.64. The molecule has 7 heteroatoms. The molecule has 1 amide bonds. The molecular weight excluding hydrogens is 294 g/mol. The van der Waals surface area contributed by atoms with E-state index in [2.05, 4.69) is 15.3 Å². The van der Waals surface area contributed by atoms with E-state index in [9.17, 15) is 4.79 Å². The Morgan fingerprint density at radius 3 is 3.20 bits per heavy atom. The number of rotatable bonds is 3. The van der Waals surface area contributed by atoms with E-state index in [1.165, 1.54) is 23.1 Å². The molecule has 0 unspecified atom stereocenters. The number of nitrogens with zero attached hydrogens (tertiary/aromatic N) is 2. The molecule has 2 heterocycles. The van der Waals surface area contributed by atoms with Crippen LogP contribution in [0.15, 0.2) is 40.8 Å². The number of hydrogen-bond donors (Lipinski definition) is 1. The minimum absolute atomic E-state index is 0.0912. The Hall–Kier alpha value is -1.86. The van der Waals surface area contributed by atoms with Gasteiger partial charge in [0.05, 0.1) is 5.75 Å². The highest BCUT2D eigenvalue weighted by Crippen LogP contribution is 2.31. The van der Waals surface area contributed by atoms with Crippen LogP contribution in [0.3, 0.4) is 0 Å². The number of anilines is 1. The Morgan fingerprint density at radius 2 is 2.35 bits per heavy atom. The van der Waals surface area contributed by atoms with Crippen LogP contribution in [0.2, 0.25) is 0 Å². The Kier molecular flexibility index (Phi) is 3.98. The van der Waals surface area contributed by atoms with Gasteiger partial charge in [0.15, 0.2) is 5.13 Å². The van der Waals surface area contributed by atoms with E-state index < -0.39 is 0 Å². The van der Waals surface area contributed by atoms with E-state index in [1.54, 1.807) is 6.20 Å². The predicted molar refractivity (Wildman–Crippen MR) is 82.2 cm³/mol. The number of nitrogens with one attached hydrogen (secondary N) is 1. The van der Waals surface area contributed by atoms with E-state index in [0.717, 1.165) is 16.5 Å². The lowest BCUT2D eigenvalue weighted by Gasteiger charge is -2.15. The molecule has 0 bridgehead atoms. The van der Waals surface area contributed by atoms with Crippen LogP contribution in [0.5, 0.6) is 5.75 Å². The van der Waals surface area contributed by atoms with Gasteiger partial charge >= 0.3 is 0 Å². The van der Waals surface area contributed by atoms with Crippen LogP contribution in [-0.2, 0) is 4.79 Å². The first-order chi connectivity index (χ1) is 9.81. The van der Waals surface area contributed by atoms with E-state index in [0.29, 0.717) is 17.5 Å². The van der Waals surface area contributed by atoms with E-state index in [1.807, 2.05) is 29.6 Å². The van der Waals surface area contributed by atoms with Crippen molar-refractivity contribution in [3.63, 3.8) is 0 Å². The summed E-state index contributed by atoms with van der Waals surface area (Å²) in [7, 11) is 0. The molecule has 1 aromatic carbocycles. The summed E-state index contributed by atoms with van der Waals surface area (Å²) in [4.78, 5) is 20.2. The molecule has 0 spiro atoms. The van der Waals surface area contributed by atoms with Gasteiger partial charge in [-0.3, -0.25) is 4.79 Å². The Bertz CT molecular complexity index is 641. The Balaban J connectivity index is 1.57. The zero-order chi connectivity index (χ0) is 13.8. The van der Waals surface area contributed by atoms with Crippen molar-refractivity contribution >= 4 is 44.9 Å². The summed E-state index contributed by atoms with van der Waals surface area (Å²) in [5.41, 5.74) is 0.807. The molecule has 1 N–H and O–H groups in total. The standard InChI is InChI=1S/C13H11N3O2S2/c17-11(16-13-14-5-6-19-13)8-20-12-7-18-10-4-2-1-3-9(10)15-12/h1-6H,7-8H2,(H,14,16,17). The second-order valence-electron chi connectivity index (χ2n) is 3.94. The maximum atomic E-state index is 11.7. The third-order valence-corrected chi connectivity index (χ3v) is 4.15. The Morgan fingerprint density at radius 1 is 1.45 bits per heavy atom. The third kappa shape index (κ3) is 3.17. The number of amides is 1. The van der Waals surface area contributed by atoms with Crippen molar-refractivity contribution in [3.8, 4) is 5.75 Å². The van der Waals surface area contributed by atoms with Crippen molar-refractivity contribution in [2.75, 3.05) is 17.7 Å². The van der Waals surface area contributed by atoms with Gasteiger partial charge in [0.1, 0.15) is 23.1 Å². The van der Waals surface area contributed by atoms with E-state index in [-0.39, 0.29) is 5.91 Å². The van der Waals surface area contributed by atoms with Crippen LogP contribution in [0.4, 0.5) is 10.8 Å². The number of hydrogen-bond acceptors (Lipinski definition) is 6. The molecule has 0 saturated carbocycles. The van der Waals surface area contributed by atoms with Crippen molar-refractivity contribution in [2.24, 2.45) is 4.99 Å². The smallest absolute Gasteiger partial charge is 0.236 e. The second-order valence-corrected chi connectivity index (χ2v) is 5.88. The van der Waals surface area contributed by atoms with Crippen LogP contribution in [0.25, 0.3) is 0 Å². The molecule has 0 fully saturated rings. The van der Waals surface area contributed by atoms with Crippen molar-refractivity contribution < 1.29 is 9.53 Å². The SMILES string of the molecule is O=C(CSC1=Nc2ccccc2OC1)Nc1nccs1. The molecule has 0 saturated heterocycles. The van der Waals surface area contributed by atoms with Crippen LogP contribution >= 0.6 is 23.1 Å². The average Bonchev–Trinajstić information content (AvgIpc) is 2.98. The molecule has 5 nitrogen and oxygen atoms in total. The number of ether oxygens (including phenoxy) is 1. The van der Waals surface area contributed by atoms with Gasteiger partial charge in [-0.15, -0.1) is 11.3 Å². The number of carbonyl (C=O) groups is 1. The summed E-state index contributed by atoms with van der Waals surface area (Å²) >= 11 is 2.78. The van der Waals surface area contributed by atoms with Gasteiger partial charge in [-0.05, 0) is 12.1 Å². The zero-order valence-corrected chi connectivity index (χ0v) is 12.0. The first-order valence-corrected chi connectivity index (χ1v) is 7.79. The lowest BCUT2D eigenvalue weighted by molar-refractivity contribution is -0.113. The van der Waals surface area contributed by atoms with Gasteiger partial charge in [0, 0.05) is 11.6 Å². The number of para-hydroxylation sites is 2. The fraction of sp³-hybridized carbons (Fsp3) is 0.154. The highest BCUT2D eigenvalue weighted by Gasteiger charge is 2.14. The minimum atomic E-state index is -0.0912. The summed E-state index contributed by atoms with van der Waals surface area (Å²) in [6.45, 7) is 0.409. The molecule has 1 aromatic heterocycles. The van der Waals surface area contributed by atoms with Crippen LogP contribution in [0.1, 0.15) is 0 Å². The molecule has 0 radical (unpaired) electrons. The summed E-state index contributed by atoms with van der Waals surface area (Å²) in [6.07, 6.45) is 1.66. The predicted octanol–water partition coefficient (Wildman–Crippen LogP) is 2.94. The van der Waals surface area contributed by atoms with Crippen LogP contribution in [-0.4, -0.2) is 28.3 Å². The number of fused-ring (bicyclic) bond motifs is 1. The molecule has 0 aliphatic carbocycles. The summed E-state index contributed by atoms with van der Waals surface area (Å²) in [6, 6.07) is 7.60. The largest absolute Gasteiger partial charge is 0.484 e. The van der Waals surface area contributed by atoms with Gasteiger partial charge < -0.3 is 10.1 Å². The molecule has 20 heavy (non-hydrogen) atoms. The van der Waals surface area contributed by atoms with Crippen molar-refractivity contribution in [1.29, 1.82) is 0 Å². The lowest BCUT2D eigenvalue weighted by Crippen LogP contribution is -2.18. The number of carbonyl (C=O) groups excluding carboxylic acids is 1. The number of thiazole rings is 1. The molecule has 3 rings (SSSR count). The number of benzene rings is 1. The number of aromatic nitrogens is 1. The summed E-state index contributed by atoms with van der Waals surface area (Å²) in [5.74, 6) is 0.986. The maximum Gasteiger partial charge on any atom is 0.236 e. The zero-order valence-electron chi connectivity index (χ0n) is 10.4. The lowest BCUT2D eigenvalue weighted by atomic mass is 10.3. The van der Waals surface area contributed by atoms with Crippen molar-refractivity contribution in [3.05, 3.63) is 35.8 Å². The van der Waals surface area contributed by atoms with Gasteiger partial charge in [0.2, 0.25) is 5.91 Å². The normalized spacial score (nSPS) is 13.1. The molecule has 0 atom stereocenters. The van der Waals surface area contributed by atoms with Gasteiger partial charge in [-0.1, -0.05) is 23.9 Å². The van der Waals surface area contributed by atoms with Crippen molar-refractivity contribution in [1.82, 2.24) is 4.98 Å². The third-order valence-electron chi connectivity index (χ3n) is 2.51. The highest BCUT2D eigenvalue weighted by molar-refractivity contribution is 8.14. The van der Waals surface area contributed by atoms with E-state index >= 15 is 0 Å². The fourth-order valence-corrected chi connectivity index (χ4v) is 2.86. The van der Waals surface area contributed by atoms with Gasteiger partial charge in [-0.25, -0.2) is 9.98 Å². The van der Waals surface area contributed by atoms with E-state index in [4.69, 9.17) is 4.74 Å². The number of aliphatic imine (C=N–C) groups is 1. The monoisotopic (exact) mass is 305 g/mol. The maximum absolute atomic E-state index is 11.7. The van der Waals surface area contributed by atoms with Crippen molar-refractivity contribution in [2.45, 2.75) is 0 Å². The molecule has 1 aliphatic rings.